The van der Waals surface area contributed by atoms with E-state index in [0.29, 0.717) is 0 Å². The van der Waals surface area contributed by atoms with Crippen LogP contribution >= 0.6 is 0 Å². The second-order valence-corrected chi connectivity index (χ2v) is 14.4. The first kappa shape index (κ1) is 35.7. The van der Waals surface area contributed by atoms with E-state index in [-0.39, 0.29) is 20.1 Å². The number of hydrogen-bond acceptors (Lipinski definition) is 4. The molecule has 6 nitrogen and oxygen atoms in total. The van der Waals surface area contributed by atoms with Crippen LogP contribution in [0.15, 0.2) is 163 Å². The first-order valence-corrected chi connectivity index (χ1v) is 19.4. The van der Waals surface area contributed by atoms with Crippen molar-refractivity contribution in [3.63, 3.8) is 0 Å². The molecular formula is C51H34IrN5O. The zero-order chi connectivity index (χ0) is 37.7. The predicted octanol–water partition coefficient (Wildman–Crippen LogP) is 12.2. The number of furan rings is 1. The van der Waals surface area contributed by atoms with Gasteiger partial charge in [-0.1, -0.05) is 88.5 Å². The molecule has 0 fully saturated rings. The molecule has 58 heavy (non-hydrogen) atoms. The van der Waals surface area contributed by atoms with Crippen LogP contribution < -0.4 is 0 Å². The van der Waals surface area contributed by atoms with Crippen molar-refractivity contribution in [2.45, 2.75) is 25.7 Å². The quantitative estimate of drug-likeness (QED) is 0.0947. The molecule has 0 atom stereocenters. The van der Waals surface area contributed by atoms with Crippen LogP contribution in [-0.2, 0) is 32.9 Å². The van der Waals surface area contributed by atoms with Gasteiger partial charge < -0.3 is 18.2 Å². The number of rotatable bonds is 6. The summed E-state index contributed by atoms with van der Waals surface area (Å²) in [4.78, 5) is 14.5. The number of hydrogen-bond donors (Lipinski definition) is 0. The zero-order valence-electron chi connectivity index (χ0n) is 31.3. The first-order chi connectivity index (χ1) is 28.3. The summed E-state index contributed by atoms with van der Waals surface area (Å²) in [6, 6.07) is 57.5. The van der Waals surface area contributed by atoms with Crippen LogP contribution in [0.3, 0.4) is 0 Å². The number of fused-ring (bicyclic) bond motifs is 15. The fraction of sp³-hybridized carbons (Fsp3) is 0.0784. The number of para-hydroxylation sites is 3. The second kappa shape index (κ2) is 15.0. The van der Waals surface area contributed by atoms with Gasteiger partial charge in [-0.15, -0.1) is 77.5 Å². The molecule has 12 rings (SSSR count). The first-order valence-electron chi connectivity index (χ1n) is 19.4. The van der Waals surface area contributed by atoms with Gasteiger partial charge in [0.1, 0.15) is 5.58 Å². The number of nitrogens with zero attached hydrogens (tertiary/aromatic N) is 5. The van der Waals surface area contributed by atoms with Crippen LogP contribution in [-0.4, -0.2) is 23.8 Å². The largest absolute Gasteiger partial charge is 3.00 e. The molecule has 0 aliphatic heterocycles. The molecule has 0 amide bonds. The third kappa shape index (κ3) is 6.11. The molecule has 0 aliphatic carbocycles. The van der Waals surface area contributed by atoms with E-state index in [1.165, 1.54) is 32.6 Å². The van der Waals surface area contributed by atoms with Gasteiger partial charge in [0.25, 0.3) is 0 Å². The molecule has 0 unspecified atom stereocenters. The monoisotopic (exact) mass is 925 g/mol. The number of imidazole rings is 2. The van der Waals surface area contributed by atoms with Gasteiger partial charge >= 0.3 is 20.1 Å². The number of aromatic nitrogens is 5. The van der Waals surface area contributed by atoms with Crippen LogP contribution in [0.1, 0.15) is 24.2 Å². The molecule has 12 aromatic rings. The van der Waals surface area contributed by atoms with Gasteiger partial charge in [-0.2, -0.15) is 0 Å². The minimum atomic E-state index is 0. The Hall–Kier alpha value is -6.66. The summed E-state index contributed by atoms with van der Waals surface area (Å²) in [5.74, 6) is 0. The molecular weight excluding hydrogens is 891 g/mol. The summed E-state index contributed by atoms with van der Waals surface area (Å²) in [5, 5.41) is 9.28. The molecule has 0 saturated heterocycles. The summed E-state index contributed by atoms with van der Waals surface area (Å²) in [7, 11) is 0. The minimum absolute atomic E-state index is 0. The topological polar surface area (TPSA) is 60.6 Å². The molecule has 0 spiro atoms. The summed E-state index contributed by atoms with van der Waals surface area (Å²) in [6.07, 6.45) is 10.2. The van der Waals surface area contributed by atoms with Gasteiger partial charge in [-0.3, -0.25) is 9.97 Å². The average Bonchev–Trinajstić information content (AvgIpc) is 4.02. The Morgan fingerprint density at radius 1 is 0.500 bits per heavy atom. The van der Waals surface area contributed by atoms with Gasteiger partial charge in [-0.25, -0.2) is 0 Å². The molecule has 0 bridgehead atoms. The van der Waals surface area contributed by atoms with Gasteiger partial charge in [-0.05, 0) is 66.4 Å². The summed E-state index contributed by atoms with van der Waals surface area (Å²) >= 11 is 0. The van der Waals surface area contributed by atoms with Crippen molar-refractivity contribution in [1.82, 2.24) is 23.8 Å². The Bertz CT molecular complexity index is 3140. The standard InChI is InChI=1S/C34H24N4.C17H10NO.Ir/c1(11-23-21-37-31-19-9-7-15-27(31)25-13-3-5-17-29(25)33(37)35-23)2-12-24-22-38-32-20-10-8-16-28(32)26-14-4-6-18-30(26)34(38)36-24;1-2-10-16-12(6-1)13-7-5-8-14(17(13)19-16)15-9-3-4-11-18-15;/h3-10,13-16,19-22H,1-2,11-12H2;1-7,9-11H;/q-2;-1;+3. The van der Waals surface area contributed by atoms with Crippen LogP contribution in [0.4, 0.5) is 0 Å². The van der Waals surface area contributed by atoms with Crippen molar-refractivity contribution in [2.24, 2.45) is 0 Å². The normalized spacial score (nSPS) is 11.6. The summed E-state index contributed by atoms with van der Waals surface area (Å²) < 4.78 is 10.4. The number of aryl methyl sites for hydroxylation is 2. The Morgan fingerprint density at radius 2 is 1.05 bits per heavy atom. The van der Waals surface area contributed by atoms with Crippen LogP contribution in [0.25, 0.3) is 87.8 Å². The van der Waals surface area contributed by atoms with Gasteiger partial charge in [0.05, 0.1) is 16.9 Å². The molecule has 7 heteroatoms. The Kier molecular flexibility index (Phi) is 9.25. The third-order valence-electron chi connectivity index (χ3n) is 11.0. The van der Waals surface area contributed by atoms with E-state index < -0.39 is 0 Å². The minimum Gasteiger partial charge on any atom is -0.501 e. The summed E-state index contributed by atoms with van der Waals surface area (Å²) in [6.45, 7) is 0. The van der Waals surface area contributed by atoms with Crippen molar-refractivity contribution < 1.29 is 24.5 Å². The fourth-order valence-electron chi connectivity index (χ4n) is 8.34. The average molecular weight is 925 g/mol. The Balaban J connectivity index is 0.000000171. The number of benzene rings is 6. The predicted molar refractivity (Wildman–Crippen MR) is 231 cm³/mol. The van der Waals surface area contributed by atoms with Gasteiger partial charge in [0.2, 0.25) is 0 Å². The molecule has 6 heterocycles. The molecule has 6 aromatic carbocycles. The molecule has 0 saturated carbocycles. The van der Waals surface area contributed by atoms with E-state index in [2.05, 4.69) is 123 Å². The summed E-state index contributed by atoms with van der Waals surface area (Å²) in [5.41, 5.74) is 10.2. The van der Waals surface area contributed by atoms with E-state index in [1.54, 1.807) is 6.20 Å². The van der Waals surface area contributed by atoms with Crippen molar-refractivity contribution in [1.29, 1.82) is 0 Å². The maximum atomic E-state index is 5.97. The van der Waals surface area contributed by atoms with Crippen molar-refractivity contribution in [3.8, 4) is 11.3 Å². The van der Waals surface area contributed by atoms with E-state index in [4.69, 9.17) is 14.4 Å². The Morgan fingerprint density at radius 3 is 1.66 bits per heavy atom. The van der Waals surface area contributed by atoms with Crippen LogP contribution in [0.2, 0.25) is 0 Å². The molecule has 0 N–H and O–H groups in total. The van der Waals surface area contributed by atoms with Crippen LogP contribution in [0, 0.1) is 18.2 Å². The van der Waals surface area contributed by atoms with Gasteiger partial charge in [0.15, 0.2) is 0 Å². The molecule has 0 radical (unpaired) electrons. The molecule has 6 aromatic heterocycles. The second-order valence-electron chi connectivity index (χ2n) is 14.4. The van der Waals surface area contributed by atoms with Crippen molar-refractivity contribution >= 4 is 76.6 Å². The maximum Gasteiger partial charge on any atom is 3.00 e. The molecule has 0 aliphatic rings. The van der Waals surface area contributed by atoms with Crippen molar-refractivity contribution in [2.75, 3.05) is 0 Å². The smallest absolute Gasteiger partial charge is 0.501 e. The van der Waals surface area contributed by atoms with Crippen LogP contribution in [0.5, 0.6) is 0 Å². The maximum absolute atomic E-state index is 5.97. The van der Waals surface area contributed by atoms with Crippen molar-refractivity contribution in [3.05, 3.63) is 188 Å². The van der Waals surface area contributed by atoms with E-state index in [9.17, 15) is 0 Å². The SMILES string of the molecule is [Ir+3].[c-]1ccc2c(oc3ccccc32)c1-c1ccccn1.[c-]1cccc2c1c1nc(CCCCc3cn4c5ccccc5c5ccc[c-]c5c4n3)cn1c1ccccc21. The van der Waals surface area contributed by atoms with Gasteiger partial charge in [0, 0.05) is 46.4 Å². The Labute approximate surface area is 347 Å². The molecule has 278 valence electrons. The van der Waals surface area contributed by atoms with E-state index >= 15 is 0 Å². The van der Waals surface area contributed by atoms with E-state index in [1.807, 2.05) is 60.7 Å². The van der Waals surface area contributed by atoms with E-state index in [0.717, 1.165) is 92.3 Å². The zero-order valence-corrected chi connectivity index (χ0v) is 33.7. The third-order valence-corrected chi connectivity index (χ3v) is 11.0. The number of unbranched alkanes of at least 4 members (excludes halogenated alkanes) is 1. The fourth-order valence-corrected chi connectivity index (χ4v) is 8.34. The number of pyridine rings is 3.